The Bertz CT molecular complexity index is 1460. The number of nitrogens with one attached hydrogen (secondary N) is 1. The van der Waals surface area contributed by atoms with E-state index in [0.29, 0.717) is 46.2 Å². The maximum atomic E-state index is 13.1. The second-order valence-corrected chi connectivity index (χ2v) is 9.76. The molecular weight excluding hydrogens is 488 g/mol. The average Bonchev–Trinajstić information content (AvgIpc) is 3.20. The number of hydrogen-bond donors (Lipinski definition) is 1. The normalized spacial score (nSPS) is 14.4. The molecule has 10 heteroatoms. The van der Waals surface area contributed by atoms with Crippen LogP contribution in [0.1, 0.15) is 9.67 Å². The number of carbonyl (C=O) groups is 2. The molecule has 178 valence electrons. The van der Waals surface area contributed by atoms with Crippen molar-refractivity contribution in [3.63, 3.8) is 0 Å². The number of piperazine rings is 1. The van der Waals surface area contributed by atoms with Crippen LogP contribution in [-0.2, 0) is 4.79 Å². The fourth-order valence-corrected chi connectivity index (χ4v) is 5.80. The molecule has 1 N–H and O–H groups in total. The van der Waals surface area contributed by atoms with Gasteiger partial charge in [-0.15, -0.1) is 11.3 Å². The molecule has 5 rings (SSSR count). The third-order valence-corrected chi connectivity index (χ3v) is 7.75. The molecule has 0 saturated carbocycles. The molecule has 0 radical (unpaired) electrons. The predicted molar refractivity (Wildman–Crippen MR) is 138 cm³/mol. The van der Waals surface area contributed by atoms with E-state index in [1.165, 1.54) is 23.5 Å². The number of fused-ring (bicyclic) bond motifs is 2. The van der Waals surface area contributed by atoms with E-state index in [0.717, 1.165) is 16.5 Å². The first-order chi connectivity index (χ1) is 16.9. The Labute approximate surface area is 209 Å². The van der Waals surface area contributed by atoms with Crippen LogP contribution >= 0.6 is 22.9 Å². The molecule has 0 aliphatic carbocycles. The quantitative estimate of drug-likeness (QED) is 0.302. The predicted octanol–water partition coefficient (Wildman–Crippen LogP) is 5.01. The maximum Gasteiger partial charge on any atom is 0.270 e. The van der Waals surface area contributed by atoms with Crippen LogP contribution in [0.5, 0.6) is 0 Å². The third kappa shape index (κ3) is 4.70. The van der Waals surface area contributed by atoms with Gasteiger partial charge in [0.25, 0.3) is 11.6 Å². The molecule has 8 nitrogen and oxygen atoms in total. The smallest absolute Gasteiger partial charge is 0.270 e. The van der Waals surface area contributed by atoms with Gasteiger partial charge < -0.3 is 10.2 Å². The van der Waals surface area contributed by atoms with Gasteiger partial charge in [0.2, 0.25) is 5.91 Å². The van der Waals surface area contributed by atoms with Gasteiger partial charge >= 0.3 is 0 Å². The van der Waals surface area contributed by atoms with Crippen molar-refractivity contribution in [1.82, 2.24) is 9.80 Å². The first-order valence-electron chi connectivity index (χ1n) is 11.1. The number of rotatable bonds is 5. The molecule has 4 aromatic rings. The molecule has 1 saturated heterocycles. The number of anilines is 1. The molecule has 1 aliphatic rings. The number of benzene rings is 3. The monoisotopic (exact) mass is 508 g/mol. The van der Waals surface area contributed by atoms with Crippen LogP contribution in [0.25, 0.3) is 20.9 Å². The number of amides is 2. The molecular formula is C25H21ClN4O4S. The number of carbonyl (C=O) groups excluding carboxylic acids is 2. The standard InChI is InChI=1S/C25H21ClN4O4S/c26-23-19-9-8-17(30(33)34)14-21(19)35-24(23)25(32)29-12-10-28(11-13-29)15-22(31)27-20-7-3-5-16-4-1-2-6-18(16)20/h1-9,14H,10-13,15H2,(H,27,31). The summed E-state index contributed by atoms with van der Waals surface area (Å²) >= 11 is 7.61. The van der Waals surface area contributed by atoms with Crippen molar-refractivity contribution in [2.24, 2.45) is 0 Å². The van der Waals surface area contributed by atoms with Crippen LogP contribution in [0.2, 0.25) is 5.02 Å². The maximum absolute atomic E-state index is 13.1. The summed E-state index contributed by atoms with van der Waals surface area (Å²) in [6.07, 6.45) is 0. The van der Waals surface area contributed by atoms with Crippen LogP contribution in [0.4, 0.5) is 11.4 Å². The van der Waals surface area contributed by atoms with E-state index >= 15 is 0 Å². The number of nitro groups is 1. The van der Waals surface area contributed by atoms with Crippen LogP contribution in [0.3, 0.4) is 0 Å². The Hall–Kier alpha value is -3.53. The molecule has 0 atom stereocenters. The highest BCUT2D eigenvalue weighted by Crippen LogP contribution is 2.38. The summed E-state index contributed by atoms with van der Waals surface area (Å²) in [6.45, 7) is 2.28. The van der Waals surface area contributed by atoms with Gasteiger partial charge in [0.05, 0.1) is 16.5 Å². The number of nitrogens with zero attached hydrogens (tertiary/aromatic N) is 3. The van der Waals surface area contributed by atoms with Gasteiger partial charge in [-0.1, -0.05) is 48.0 Å². The van der Waals surface area contributed by atoms with Crippen molar-refractivity contribution in [2.45, 2.75) is 0 Å². The highest BCUT2D eigenvalue weighted by atomic mass is 35.5. The van der Waals surface area contributed by atoms with Gasteiger partial charge in [0.15, 0.2) is 0 Å². The first-order valence-corrected chi connectivity index (χ1v) is 12.3. The Morgan fingerprint density at radius 2 is 1.74 bits per heavy atom. The summed E-state index contributed by atoms with van der Waals surface area (Å²) in [5.74, 6) is -0.297. The number of nitro benzene ring substituents is 1. The molecule has 1 fully saturated rings. The first kappa shape index (κ1) is 23.2. The van der Waals surface area contributed by atoms with E-state index in [1.807, 2.05) is 47.4 Å². The van der Waals surface area contributed by atoms with Gasteiger partial charge in [-0.2, -0.15) is 0 Å². The Balaban J connectivity index is 1.21. The van der Waals surface area contributed by atoms with Crippen molar-refractivity contribution in [2.75, 3.05) is 38.0 Å². The molecule has 1 aliphatic heterocycles. The van der Waals surface area contributed by atoms with E-state index in [4.69, 9.17) is 11.6 Å². The van der Waals surface area contributed by atoms with Crippen molar-refractivity contribution >= 4 is 67.0 Å². The lowest BCUT2D eigenvalue weighted by molar-refractivity contribution is -0.384. The number of thiophene rings is 1. The zero-order chi connectivity index (χ0) is 24.5. The van der Waals surface area contributed by atoms with E-state index in [-0.39, 0.29) is 24.0 Å². The minimum atomic E-state index is -0.468. The van der Waals surface area contributed by atoms with Gasteiger partial charge in [-0.05, 0) is 17.5 Å². The lowest BCUT2D eigenvalue weighted by Gasteiger charge is -2.34. The molecule has 0 unspecified atom stereocenters. The van der Waals surface area contributed by atoms with E-state index in [1.54, 1.807) is 11.0 Å². The average molecular weight is 509 g/mol. The zero-order valence-electron chi connectivity index (χ0n) is 18.6. The van der Waals surface area contributed by atoms with Gasteiger partial charge in [0.1, 0.15) is 4.88 Å². The molecule has 2 amide bonds. The summed E-state index contributed by atoms with van der Waals surface area (Å²) in [7, 11) is 0. The summed E-state index contributed by atoms with van der Waals surface area (Å²) < 4.78 is 0.608. The van der Waals surface area contributed by atoms with Crippen LogP contribution < -0.4 is 5.32 Å². The second-order valence-electron chi connectivity index (χ2n) is 8.33. The van der Waals surface area contributed by atoms with Crippen molar-refractivity contribution < 1.29 is 14.5 Å². The van der Waals surface area contributed by atoms with Crippen molar-refractivity contribution in [3.05, 3.63) is 80.7 Å². The van der Waals surface area contributed by atoms with Crippen molar-refractivity contribution in [3.8, 4) is 0 Å². The lowest BCUT2D eigenvalue weighted by atomic mass is 10.1. The molecule has 0 bridgehead atoms. The molecule has 1 aromatic heterocycles. The fourth-order valence-electron chi connectivity index (χ4n) is 4.28. The summed E-state index contributed by atoms with van der Waals surface area (Å²) in [6, 6.07) is 18.1. The van der Waals surface area contributed by atoms with Gasteiger partial charge in [-0.25, -0.2) is 0 Å². The van der Waals surface area contributed by atoms with Crippen LogP contribution in [0.15, 0.2) is 60.7 Å². The SMILES string of the molecule is O=C(CN1CCN(C(=O)c2sc3cc([N+](=O)[O-])ccc3c2Cl)CC1)Nc1cccc2ccccc12. The largest absolute Gasteiger partial charge is 0.335 e. The summed E-state index contributed by atoms with van der Waals surface area (Å²) in [5.41, 5.74) is 0.742. The zero-order valence-corrected chi connectivity index (χ0v) is 20.1. The minimum Gasteiger partial charge on any atom is -0.335 e. The molecule has 3 aromatic carbocycles. The molecule has 35 heavy (non-hydrogen) atoms. The molecule has 0 spiro atoms. The van der Waals surface area contributed by atoms with Gasteiger partial charge in [-0.3, -0.25) is 24.6 Å². The van der Waals surface area contributed by atoms with Gasteiger partial charge in [0, 0.05) is 59.5 Å². The Morgan fingerprint density at radius 1 is 1.00 bits per heavy atom. The number of halogens is 1. The summed E-state index contributed by atoms with van der Waals surface area (Å²) in [4.78, 5) is 40.5. The Kier molecular flexibility index (Phi) is 6.38. The highest BCUT2D eigenvalue weighted by molar-refractivity contribution is 7.21. The second kappa shape index (κ2) is 9.61. The van der Waals surface area contributed by atoms with Crippen LogP contribution in [0, 0.1) is 10.1 Å². The summed E-state index contributed by atoms with van der Waals surface area (Å²) in [5, 5.41) is 17.1. The van der Waals surface area contributed by atoms with Crippen LogP contribution in [-0.4, -0.2) is 59.3 Å². The fraction of sp³-hybridized carbons (Fsp3) is 0.200. The van der Waals surface area contributed by atoms with E-state index in [2.05, 4.69) is 5.32 Å². The topological polar surface area (TPSA) is 95.8 Å². The number of hydrogen-bond acceptors (Lipinski definition) is 6. The lowest BCUT2D eigenvalue weighted by Crippen LogP contribution is -2.50. The van der Waals surface area contributed by atoms with Crippen molar-refractivity contribution in [1.29, 1.82) is 0 Å². The Morgan fingerprint density at radius 3 is 2.51 bits per heavy atom. The van der Waals surface area contributed by atoms with E-state index in [9.17, 15) is 19.7 Å². The molecule has 2 heterocycles. The third-order valence-electron chi connectivity index (χ3n) is 6.11. The van der Waals surface area contributed by atoms with E-state index < -0.39 is 4.92 Å². The number of non-ortho nitro benzene ring substituents is 1. The minimum absolute atomic E-state index is 0.0372. The highest BCUT2D eigenvalue weighted by Gasteiger charge is 2.27.